The van der Waals surface area contributed by atoms with Gasteiger partial charge in [-0.3, -0.25) is 4.79 Å². The second-order valence-electron chi connectivity index (χ2n) is 14.3. The molecule has 3 heteroatoms. The van der Waals surface area contributed by atoms with Gasteiger partial charge in [-0.25, -0.2) is 0 Å². The number of hydrogen-bond acceptors (Lipinski definition) is 2. The first-order chi connectivity index (χ1) is 24.2. The zero-order valence-corrected chi connectivity index (χ0v) is 31.7. The molecule has 0 saturated heterocycles. The number of rotatable bonds is 12. The third kappa shape index (κ3) is 7.06. The van der Waals surface area contributed by atoms with Crippen molar-refractivity contribution in [1.29, 1.82) is 0 Å². The molecule has 0 N–H and O–H groups in total. The molecule has 4 aromatic carbocycles. The van der Waals surface area contributed by atoms with Gasteiger partial charge in [0, 0.05) is 60.3 Å². The van der Waals surface area contributed by atoms with Crippen LogP contribution in [-0.4, -0.2) is 29.2 Å². The monoisotopic (exact) mass is 665 g/mol. The fraction of sp³-hybridized carbons (Fsp3) is 0.362. The van der Waals surface area contributed by atoms with Crippen LogP contribution in [0.3, 0.4) is 0 Å². The van der Waals surface area contributed by atoms with E-state index in [2.05, 4.69) is 159 Å². The van der Waals surface area contributed by atoms with Crippen LogP contribution in [0.4, 0.5) is 11.4 Å². The lowest BCUT2D eigenvalue weighted by Crippen LogP contribution is -2.28. The first kappa shape index (κ1) is 36.8. The number of fused-ring (bicyclic) bond motifs is 6. The minimum absolute atomic E-state index is 0.0843. The van der Waals surface area contributed by atoms with E-state index in [1.54, 1.807) is 0 Å². The molecule has 2 aliphatic heterocycles. The Morgan fingerprint density at radius 3 is 2.00 bits per heavy atom. The number of ketones is 1. The fourth-order valence-corrected chi connectivity index (χ4v) is 8.08. The van der Waals surface area contributed by atoms with Crippen molar-refractivity contribution in [3.05, 3.63) is 132 Å². The van der Waals surface area contributed by atoms with Crippen molar-refractivity contribution in [3.63, 3.8) is 0 Å². The summed E-state index contributed by atoms with van der Waals surface area (Å²) in [5, 5.41) is 5.27. The van der Waals surface area contributed by atoms with Crippen LogP contribution in [0.15, 0.2) is 121 Å². The molecule has 0 aliphatic carbocycles. The van der Waals surface area contributed by atoms with Crippen molar-refractivity contribution < 1.29 is 9.37 Å². The summed E-state index contributed by atoms with van der Waals surface area (Å²) in [6.07, 6.45) is 19.8. The molecular weight excluding hydrogens is 609 g/mol. The fourth-order valence-electron chi connectivity index (χ4n) is 8.08. The highest BCUT2D eigenvalue weighted by atomic mass is 16.1. The third-order valence-corrected chi connectivity index (χ3v) is 10.5. The molecule has 2 aliphatic rings. The van der Waals surface area contributed by atoms with Crippen LogP contribution < -0.4 is 4.90 Å². The molecule has 0 unspecified atom stereocenters. The summed E-state index contributed by atoms with van der Waals surface area (Å²) in [6.45, 7) is 19.5. The summed E-state index contributed by atoms with van der Waals surface area (Å²) in [5.74, 6) is 0.370. The Balaban J connectivity index is 0.00000239. The molecule has 0 amide bonds. The molecule has 2 heterocycles. The van der Waals surface area contributed by atoms with Gasteiger partial charge in [0.15, 0.2) is 5.71 Å². The Morgan fingerprint density at radius 1 is 0.700 bits per heavy atom. The average molecular weight is 666 g/mol. The van der Waals surface area contributed by atoms with Crippen molar-refractivity contribution in [1.82, 2.24) is 0 Å². The summed E-state index contributed by atoms with van der Waals surface area (Å²) in [4.78, 5) is 14.3. The normalized spacial score (nSPS) is 17.0. The molecule has 260 valence electrons. The van der Waals surface area contributed by atoms with E-state index in [1.165, 1.54) is 55.5 Å². The van der Waals surface area contributed by atoms with Gasteiger partial charge in [-0.15, -0.1) is 0 Å². The minimum atomic E-state index is -0.129. The Morgan fingerprint density at radius 2 is 1.32 bits per heavy atom. The highest BCUT2D eigenvalue weighted by Crippen LogP contribution is 2.50. The van der Waals surface area contributed by atoms with E-state index in [1.807, 2.05) is 20.8 Å². The molecular formula is C47H57N2O+. The Labute approximate surface area is 301 Å². The second-order valence-corrected chi connectivity index (χ2v) is 14.3. The number of benzene rings is 4. The number of unbranched alkanes of at least 4 members (excludes halogenated alkanes) is 2. The summed E-state index contributed by atoms with van der Waals surface area (Å²) >= 11 is 0. The standard InChI is InChI=1S/C45H51N2O.C2H6/c1-7-35(48)23-13-12-20-32-47-39-31-29-34-22-17-19-25-37(34)43(39)45(5,6)41(47)27-15-11-9-10-14-26-40-44(3,4)42-36-24-18-16-21-33(36)28-30-38(42)46(40)8-2;1-2/h9-11,14-19,21-22,24-31H,7-8,12-13,20,23,32H2,1-6H3;1-2H3/q+1;. The van der Waals surface area contributed by atoms with Crippen LogP contribution in [0.2, 0.25) is 0 Å². The number of carbonyl (C=O) groups is 1. The lowest BCUT2D eigenvalue weighted by Gasteiger charge is -2.26. The lowest BCUT2D eigenvalue weighted by molar-refractivity contribution is -0.438. The van der Waals surface area contributed by atoms with Crippen molar-refractivity contribution in [2.24, 2.45) is 0 Å². The maximum absolute atomic E-state index is 11.8. The maximum atomic E-state index is 11.8. The Kier molecular flexibility index (Phi) is 11.8. The average Bonchev–Trinajstić information content (AvgIpc) is 3.49. The number of likely N-dealkylation sites (N-methyl/N-ethyl adjacent to an activating group) is 1. The van der Waals surface area contributed by atoms with Crippen LogP contribution in [0.1, 0.15) is 98.6 Å². The summed E-state index contributed by atoms with van der Waals surface area (Å²) in [7, 11) is 0. The van der Waals surface area contributed by atoms with Gasteiger partial charge in [0.05, 0.1) is 5.41 Å². The van der Waals surface area contributed by atoms with Crippen molar-refractivity contribution in [2.75, 3.05) is 18.0 Å². The molecule has 0 bridgehead atoms. The van der Waals surface area contributed by atoms with Gasteiger partial charge in [-0.05, 0) is 78.9 Å². The molecule has 3 nitrogen and oxygen atoms in total. The zero-order valence-electron chi connectivity index (χ0n) is 31.7. The van der Waals surface area contributed by atoms with E-state index >= 15 is 0 Å². The van der Waals surface area contributed by atoms with Crippen LogP contribution >= 0.6 is 0 Å². The van der Waals surface area contributed by atoms with Crippen molar-refractivity contribution >= 4 is 44.4 Å². The molecule has 0 fully saturated rings. The molecule has 0 radical (unpaired) electrons. The van der Waals surface area contributed by atoms with Gasteiger partial charge in [0.25, 0.3) is 0 Å². The van der Waals surface area contributed by atoms with Crippen LogP contribution in [0, 0.1) is 0 Å². The summed E-state index contributed by atoms with van der Waals surface area (Å²) in [5.41, 5.74) is 7.91. The van der Waals surface area contributed by atoms with Gasteiger partial charge in [0.2, 0.25) is 5.69 Å². The SMILES string of the molecule is CC.CCC(=O)CCCCC[N+]1=C(/C=C/C=C/C=C/C=C2\N(CC)c3ccc4ccccc4c3C2(C)C)C(C)(C)c2c1ccc1ccccc21. The number of nitrogens with zero attached hydrogens (tertiary/aromatic N) is 2. The van der Waals surface area contributed by atoms with E-state index in [4.69, 9.17) is 0 Å². The second kappa shape index (κ2) is 16.0. The number of allylic oxidation sites excluding steroid dienone is 8. The van der Waals surface area contributed by atoms with Crippen LogP contribution in [0.25, 0.3) is 21.5 Å². The van der Waals surface area contributed by atoms with E-state index in [-0.39, 0.29) is 10.8 Å². The smallest absolute Gasteiger partial charge is 0.210 e. The topological polar surface area (TPSA) is 23.3 Å². The quantitative estimate of drug-likeness (QED) is 0.0854. The molecule has 0 aromatic heterocycles. The Bertz CT molecular complexity index is 2000. The van der Waals surface area contributed by atoms with Gasteiger partial charge in [-0.1, -0.05) is 120 Å². The van der Waals surface area contributed by atoms with E-state index in [0.717, 1.165) is 32.4 Å². The molecule has 0 atom stereocenters. The largest absolute Gasteiger partial charge is 0.344 e. The van der Waals surface area contributed by atoms with E-state index in [0.29, 0.717) is 18.6 Å². The van der Waals surface area contributed by atoms with Gasteiger partial charge >= 0.3 is 0 Å². The zero-order chi connectivity index (χ0) is 35.9. The minimum Gasteiger partial charge on any atom is -0.344 e. The van der Waals surface area contributed by atoms with E-state index < -0.39 is 0 Å². The number of hydrogen-bond donors (Lipinski definition) is 0. The first-order valence-electron chi connectivity index (χ1n) is 18.9. The maximum Gasteiger partial charge on any atom is 0.210 e. The third-order valence-electron chi connectivity index (χ3n) is 10.5. The highest BCUT2D eigenvalue weighted by molar-refractivity contribution is 6.07. The van der Waals surface area contributed by atoms with Gasteiger partial charge in [-0.2, -0.15) is 4.58 Å². The molecule has 0 saturated carbocycles. The predicted molar refractivity (Wildman–Crippen MR) is 217 cm³/mol. The Hall–Kier alpha value is -4.50. The predicted octanol–water partition coefficient (Wildman–Crippen LogP) is 12.3. The van der Waals surface area contributed by atoms with E-state index in [9.17, 15) is 4.79 Å². The van der Waals surface area contributed by atoms with Crippen LogP contribution in [-0.2, 0) is 15.6 Å². The summed E-state index contributed by atoms with van der Waals surface area (Å²) < 4.78 is 2.52. The number of carbonyl (C=O) groups excluding carboxylic acids is 1. The molecule has 4 aromatic rings. The molecule has 50 heavy (non-hydrogen) atoms. The van der Waals surface area contributed by atoms with Crippen molar-refractivity contribution in [2.45, 2.75) is 98.3 Å². The lowest BCUT2D eigenvalue weighted by atomic mass is 9.79. The number of anilines is 1. The van der Waals surface area contributed by atoms with Gasteiger partial charge < -0.3 is 4.90 Å². The highest BCUT2D eigenvalue weighted by Gasteiger charge is 2.45. The molecule has 0 spiro atoms. The van der Waals surface area contributed by atoms with Gasteiger partial charge in [0.1, 0.15) is 12.3 Å². The molecule has 6 rings (SSSR count). The number of Topliss-reactive ketones (excluding diaryl/α,β-unsaturated/α-hetero) is 1. The summed E-state index contributed by atoms with van der Waals surface area (Å²) in [6, 6.07) is 26.6. The van der Waals surface area contributed by atoms with Crippen LogP contribution in [0.5, 0.6) is 0 Å². The first-order valence-corrected chi connectivity index (χ1v) is 18.9. The van der Waals surface area contributed by atoms with Crippen molar-refractivity contribution in [3.8, 4) is 0 Å².